The van der Waals surface area contributed by atoms with Crippen molar-refractivity contribution in [1.29, 1.82) is 0 Å². The molecule has 4 rings (SSSR count). The van der Waals surface area contributed by atoms with Crippen LogP contribution in [0.15, 0.2) is 57.3 Å². The van der Waals surface area contributed by atoms with Crippen LogP contribution in [0, 0.1) is 13.8 Å². The van der Waals surface area contributed by atoms with E-state index in [0.717, 1.165) is 32.3 Å². The minimum atomic E-state index is -0.626. The summed E-state index contributed by atoms with van der Waals surface area (Å²) in [4.78, 5) is 21.3. The lowest BCUT2D eigenvalue weighted by molar-refractivity contribution is 0.0544. The molecule has 166 valence electrons. The zero-order chi connectivity index (χ0) is 23.2. The van der Waals surface area contributed by atoms with E-state index in [1.165, 1.54) is 0 Å². The van der Waals surface area contributed by atoms with Crippen LogP contribution in [-0.4, -0.2) is 34.1 Å². The maximum absolute atomic E-state index is 13.2. The van der Waals surface area contributed by atoms with Crippen LogP contribution in [0.25, 0.3) is 17.0 Å². The molecule has 1 N–H and O–H groups in total. The second-order valence-corrected chi connectivity index (χ2v) is 9.75. The molecule has 0 radical (unpaired) electrons. The van der Waals surface area contributed by atoms with Gasteiger partial charge in [-0.3, -0.25) is 0 Å². The molecule has 0 amide bonds. The highest BCUT2D eigenvalue weighted by Crippen LogP contribution is 2.30. The predicted molar refractivity (Wildman–Crippen MR) is 131 cm³/mol. The lowest BCUT2D eigenvalue weighted by Gasteiger charge is -2.20. The Morgan fingerprint density at radius 2 is 1.94 bits per heavy atom. The van der Waals surface area contributed by atoms with Gasteiger partial charge in [-0.2, -0.15) is 0 Å². The van der Waals surface area contributed by atoms with Crippen molar-refractivity contribution in [3.63, 3.8) is 0 Å². The molecule has 1 aromatic carbocycles. The van der Waals surface area contributed by atoms with Crippen LogP contribution < -0.4 is 0 Å². The van der Waals surface area contributed by atoms with Gasteiger partial charge in [0.1, 0.15) is 17.1 Å². The summed E-state index contributed by atoms with van der Waals surface area (Å²) in [5, 5.41) is 0.906. The van der Waals surface area contributed by atoms with E-state index in [-0.39, 0.29) is 0 Å². The Balaban J connectivity index is 1.87. The fraction of sp³-hybridized carbons (Fsp3) is 0.280. The third-order valence-corrected chi connectivity index (χ3v) is 5.55. The highest BCUT2D eigenvalue weighted by atomic mass is 79.9. The molecular weight excluding hydrogens is 470 g/mol. The van der Waals surface area contributed by atoms with E-state index in [0.29, 0.717) is 22.9 Å². The number of allylic oxidation sites excluding steroid dienone is 1. The van der Waals surface area contributed by atoms with E-state index in [2.05, 4.69) is 27.0 Å². The summed E-state index contributed by atoms with van der Waals surface area (Å²) in [6.45, 7) is 9.62. The van der Waals surface area contributed by atoms with Gasteiger partial charge in [-0.25, -0.2) is 14.4 Å². The first-order valence-electron chi connectivity index (χ1n) is 10.3. The first-order chi connectivity index (χ1) is 15.1. The predicted octanol–water partition coefficient (Wildman–Crippen LogP) is 6.51. The molecule has 0 spiro atoms. The van der Waals surface area contributed by atoms with Gasteiger partial charge in [-0.15, -0.1) is 0 Å². The monoisotopic (exact) mass is 495 g/mol. The number of halogens is 1. The number of fused-ring (bicyclic) bond motifs is 1. The summed E-state index contributed by atoms with van der Waals surface area (Å²) < 4.78 is 13.8. The standard InChI is InChI=1S/C25H26BrN3O3/c1-14-9-15(2)27-18(14)12-20-23(31-6)13-19(28-20)22-11-16-10-17(26)7-8-21(16)29(22)24(30)32-25(3,4)5/h7-13,27H,1-6H3. The Kier molecular flexibility index (Phi) is 5.63. The van der Waals surface area contributed by atoms with Crippen molar-refractivity contribution in [3.05, 3.63) is 75.0 Å². The number of nitrogens with one attached hydrogen (secondary N) is 1. The third-order valence-electron chi connectivity index (χ3n) is 5.05. The number of H-pyrrole nitrogens is 1. The summed E-state index contributed by atoms with van der Waals surface area (Å²) in [5.74, 6) is 0.633. The molecule has 2 aromatic heterocycles. The number of rotatable bonds is 3. The van der Waals surface area contributed by atoms with Crippen LogP contribution in [0.2, 0.25) is 0 Å². The van der Waals surface area contributed by atoms with Crippen molar-refractivity contribution in [2.75, 3.05) is 7.11 Å². The zero-order valence-electron chi connectivity index (χ0n) is 19.0. The molecule has 0 aliphatic carbocycles. The number of hydrogen-bond donors (Lipinski definition) is 1. The smallest absolute Gasteiger partial charge is 0.419 e. The molecule has 0 unspecified atom stereocenters. The Morgan fingerprint density at radius 3 is 2.56 bits per heavy atom. The number of benzene rings is 1. The molecule has 3 heterocycles. The number of aromatic amines is 1. The van der Waals surface area contributed by atoms with Crippen molar-refractivity contribution in [2.45, 2.75) is 40.2 Å². The first-order valence-corrected chi connectivity index (χ1v) is 11.1. The van der Waals surface area contributed by atoms with Gasteiger partial charge in [-0.1, -0.05) is 15.9 Å². The minimum absolute atomic E-state index is 0.451. The largest absolute Gasteiger partial charge is 0.494 e. The Morgan fingerprint density at radius 1 is 1.19 bits per heavy atom. The van der Waals surface area contributed by atoms with Gasteiger partial charge in [-0.05, 0) is 76.6 Å². The van der Waals surface area contributed by atoms with Crippen LogP contribution in [0.4, 0.5) is 4.79 Å². The summed E-state index contributed by atoms with van der Waals surface area (Å²) in [6, 6.07) is 9.80. The van der Waals surface area contributed by atoms with Crippen molar-refractivity contribution in [1.82, 2.24) is 9.55 Å². The molecule has 7 heteroatoms. The van der Waals surface area contributed by atoms with Crippen LogP contribution in [0.5, 0.6) is 0 Å². The van der Waals surface area contributed by atoms with Gasteiger partial charge < -0.3 is 14.5 Å². The number of methoxy groups -OCH3 is 1. The number of carbonyl (C=O) groups excluding carboxylic acids is 1. The van der Waals surface area contributed by atoms with Gasteiger partial charge in [0, 0.05) is 27.3 Å². The van der Waals surface area contributed by atoms with Gasteiger partial charge in [0.2, 0.25) is 0 Å². The molecule has 3 aromatic rings. The normalized spacial score (nSPS) is 15.3. The fourth-order valence-electron chi connectivity index (χ4n) is 3.73. The van der Waals surface area contributed by atoms with E-state index in [4.69, 9.17) is 14.5 Å². The number of aliphatic imine (C=N–C) groups is 1. The van der Waals surface area contributed by atoms with Gasteiger partial charge in [0.05, 0.1) is 24.0 Å². The molecule has 0 fully saturated rings. The summed E-state index contributed by atoms with van der Waals surface area (Å²) in [7, 11) is 1.62. The second-order valence-electron chi connectivity index (χ2n) is 8.84. The van der Waals surface area contributed by atoms with E-state index < -0.39 is 11.7 Å². The Labute approximate surface area is 195 Å². The molecule has 0 atom stereocenters. The SMILES string of the molecule is COC1=CC(c2cc3cc(Br)ccc3n2C(=O)OC(C)(C)C)=NC1=Cc1[nH]c(C)cc1C. The fourth-order valence-corrected chi connectivity index (χ4v) is 4.11. The highest BCUT2D eigenvalue weighted by Gasteiger charge is 2.26. The molecule has 6 nitrogen and oxygen atoms in total. The molecular formula is C25H26BrN3O3. The van der Waals surface area contributed by atoms with Crippen molar-refractivity contribution in [2.24, 2.45) is 4.99 Å². The number of aromatic nitrogens is 2. The number of ether oxygens (including phenoxy) is 2. The number of hydrogen-bond acceptors (Lipinski definition) is 4. The summed E-state index contributed by atoms with van der Waals surface area (Å²) in [5.41, 5.74) is 5.27. The summed E-state index contributed by atoms with van der Waals surface area (Å²) in [6.07, 6.45) is 3.36. The molecule has 32 heavy (non-hydrogen) atoms. The van der Waals surface area contributed by atoms with E-state index >= 15 is 0 Å². The van der Waals surface area contributed by atoms with Crippen molar-refractivity contribution >= 4 is 44.7 Å². The lowest BCUT2D eigenvalue weighted by Crippen LogP contribution is -2.28. The quantitative estimate of drug-likeness (QED) is 0.450. The molecule has 0 bridgehead atoms. The van der Waals surface area contributed by atoms with Crippen molar-refractivity contribution < 1.29 is 14.3 Å². The highest BCUT2D eigenvalue weighted by molar-refractivity contribution is 9.10. The van der Waals surface area contributed by atoms with Gasteiger partial charge in [0.15, 0.2) is 0 Å². The third kappa shape index (κ3) is 4.30. The average Bonchev–Trinajstić information content (AvgIpc) is 3.35. The topological polar surface area (TPSA) is 68.6 Å². The van der Waals surface area contributed by atoms with Crippen LogP contribution in [0.3, 0.4) is 0 Å². The second kappa shape index (κ2) is 8.13. The maximum Gasteiger partial charge on any atom is 0.419 e. The average molecular weight is 496 g/mol. The van der Waals surface area contributed by atoms with Crippen LogP contribution >= 0.6 is 15.9 Å². The molecule has 0 saturated heterocycles. The molecule has 0 saturated carbocycles. The number of carbonyl (C=O) groups is 1. The lowest BCUT2D eigenvalue weighted by atomic mass is 10.2. The maximum atomic E-state index is 13.2. The van der Waals surface area contributed by atoms with Gasteiger partial charge >= 0.3 is 6.09 Å². The summed E-state index contributed by atoms with van der Waals surface area (Å²) >= 11 is 3.51. The van der Waals surface area contributed by atoms with Gasteiger partial charge in [0.25, 0.3) is 0 Å². The molecule has 1 aliphatic heterocycles. The Bertz CT molecular complexity index is 1320. The Hall–Kier alpha value is -3.06. The van der Waals surface area contributed by atoms with Crippen LogP contribution in [0.1, 0.15) is 43.4 Å². The number of aryl methyl sites for hydroxylation is 2. The van der Waals surface area contributed by atoms with Crippen molar-refractivity contribution in [3.8, 4) is 0 Å². The van der Waals surface area contributed by atoms with E-state index in [9.17, 15) is 4.79 Å². The zero-order valence-corrected chi connectivity index (χ0v) is 20.6. The first kappa shape index (κ1) is 22.1. The number of nitrogens with zero attached hydrogens (tertiary/aromatic N) is 2. The van der Waals surface area contributed by atoms with Crippen LogP contribution in [-0.2, 0) is 9.47 Å². The van der Waals surface area contributed by atoms with E-state index in [1.807, 2.05) is 71.0 Å². The minimum Gasteiger partial charge on any atom is -0.494 e. The molecule has 1 aliphatic rings. The van der Waals surface area contributed by atoms with E-state index in [1.54, 1.807) is 11.7 Å².